The molecule has 5 unspecified atom stereocenters. The van der Waals surface area contributed by atoms with Gasteiger partial charge in [0.2, 0.25) is 0 Å². The zero-order chi connectivity index (χ0) is 9.30. The van der Waals surface area contributed by atoms with E-state index in [2.05, 4.69) is 0 Å². The first-order valence-corrected chi connectivity index (χ1v) is 3.71. The third-order valence-corrected chi connectivity index (χ3v) is 2.05. The first-order chi connectivity index (χ1) is 5.57. The normalized spacial score (nSPS) is 49.2. The van der Waals surface area contributed by atoms with Crippen LogP contribution in [0.4, 0.5) is 0 Å². The summed E-state index contributed by atoms with van der Waals surface area (Å²) in [6, 6.07) is -1.43. The van der Waals surface area contributed by atoms with Crippen LogP contribution in [0.15, 0.2) is 0 Å². The molecule has 0 aromatic rings. The highest BCUT2D eigenvalue weighted by atomic mass is 16.6. The zero-order valence-corrected chi connectivity index (χ0v) is 6.50. The predicted molar refractivity (Wildman–Crippen MR) is 39.9 cm³/mol. The predicted octanol–water partition coefficient (Wildman–Crippen LogP) is -3.29. The topological polar surface area (TPSA) is 122 Å². The summed E-state index contributed by atoms with van der Waals surface area (Å²) in [5.74, 6) is 0. The van der Waals surface area contributed by atoms with E-state index in [1.807, 2.05) is 0 Å². The maximum Gasteiger partial charge on any atom is 0.182 e. The first kappa shape index (κ1) is 9.85. The highest BCUT2D eigenvalue weighted by Gasteiger charge is 2.40. The van der Waals surface area contributed by atoms with Crippen molar-refractivity contribution in [1.82, 2.24) is 0 Å². The summed E-state index contributed by atoms with van der Waals surface area (Å²) in [6.07, 6.45) is -3.27. The summed E-state index contributed by atoms with van der Waals surface area (Å²) in [5, 5.41) is 26.9. The van der Waals surface area contributed by atoms with E-state index < -0.39 is 30.6 Å². The molecule has 1 rings (SSSR count). The lowest BCUT2D eigenvalue weighted by molar-refractivity contribution is -0.232. The average Bonchev–Trinajstić information content (AvgIpc) is 2.08. The van der Waals surface area contributed by atoms with Crippen molar-refractivity contribution >= 4 is 0 Å². The SMILES string of the molecule is NC1C(CO)OC(O)C(O)C1N. The van der Waals surface area contributed by atoms with Crippen LogP contribution in [-0.2, 0) is 4.74 Å². The van der Waals surface area contributed by atoms with E-state index >= 15 is 0 Å². The van der Waals surface area contributed by atoms with Crippen molar-refractivity contribution in [3.63, 3.8) is 0 Å². The standard InChI is InChI=1S/C6H14N2O4/c7-3-2(1-9)12-6(11)5(10)4(3)8/h2-6,9-11H,1,7-8H2. The molecule has 72 valence electrons. The van der Waals surface area contributed by atoms with Crippen molar-refractivity contribution in [3.8, 4) is 0 Å². The summed E-state index contributed by atoms with van der Waals surface area (Å²) in [5.41, 5.74) is 11.0. The molecule has 0 amide bonds. The minimum atomic E-state index is -1.36. The third-order valence-electron chi connectivity index (χ3n) is 2.05. The zero-order valence-electron chi connectivity index (χ0n) is 6.50. The highest BCUT2D eigenvalue weighted by molar-refractivity contribution is 4.93. The molecule has 0 saturated carbocycles. The molecule has 0 bridgehead atoms. The molecule has 6 nitrogen and oxygen atoms in total. The molecule has 12 heavy (non-hydrogen) atoms. The van der Waals surface area contributed by atoms with Gasteiger partial charge in [-0.1, -0.05) is 0 Å². The smallest absolute Gasteiger partial charge is 0.182 e. The Kier molecular flexibility index (Phi) is 2.99. The second kappa shape index (κ2) is 3.65. The summed E-state index contributed by atoms with van der Waals surface area (Å²) in [4.78, 5) is 0. The maximum atomic E-state index is 9.17. The highest BCUT2D eigenvalue weighted by Crippen LogP contribution is 2.16. The van der Waals surface area contributed by atoms with Crippen LogP contribution in [0.2, 0.25) is 0 Å². The number of ether oxygens (including phenoxy) is 1. The van der Waals surface area contributed by atoms with E-state index in [-0.39, 0.29) is 6.61 Å². The van der Waals surface area contributed by atoms with E-state index in [0.29, 0.717) is 0 Å². The number of hydrogen-bond acceptors (Lipinski definition) is 6. The molecule has 1 heterocycles. The van der Waals surface area contributed by atoms with Gasteiger partial charge < -0.3 is 31.5 Å². The molecule has 0 aromatic heterocycles. The minimum absolute atomic E-state index is 0.321. The van der Waals surface area contributed by atoms with Crippen LogP contribution in [0.1, 0.15) is 0 Å². The van der Waals surface area contributed by atoms with Crippen molar-refractivity contribution in [2.75, 3.05) is 6.61 Å². The van der Waals surface area contributed by atoms with Gasteiger partial charge in [0.25, 0.3) is 0 Å². The molecule has 0 spiro atoms. The molecule has 5 atom stereocenters. The lowest BCUT2D eigenvalue weighted by atomic mass is 9.95. The second-order valence-electron chi connectivity index (χ2n) is 2.89. The van der Waals surface area contributed by atoms with Crippen LogP contribution in [-0.4, -0.2) is 52.5 Å². The van der Waals surface area contributed by atoms with Crippen LogP contribution >= 0.6 is 0 Å². The summed E-state index contributed by atoms with van der Waals surface area (Å²) in [7, 11) is 0. The van der Waals surface area contributed by atoms with Crippen LogP contribution in [0.25, 0.3) is 0 Å². The molecule has 1 aliphatic heterocycles. The largest absolute Gasteiger partial charge is 0.394 e. The summed E-state index contributed by atoms with van der Waals surface area (Å²) >= 11 is 0. The van der Waals surface area contributed by atoms with Crippen molar-refractivity contribution in [1.29, 1.82) is 0 Å². The van der Waals surface area contributed by atoms with Crippen LogP contribution < -0.4 is 11.5 Å². The molecule has 0 radical (unpaired) electrons. The second-order valence-corrected chi connectivity index (χ2v) is 2.89. The minimum Gasteiger partial charge on any atom is -0.394 e. The Morgan fingerprint density at radius 2 is 1.75 bits per heavy atom. The Balaban J connectivity index is 2.63. The summed E-state index contributed by atoms with van der Waals surface area (Å²) < 4.78 is 4.78. The van der Waals surface area contributed by atoms with E-state index in [1.54, 1.807) is 0 Å². The molecule has 6 heteroatoms. The van der Waals surface area contributed by atoms with E-state index in [0.717, 1.165) is 0 Å². The van der Waals surface area contributed by atoms with Gasteiger partial charge in [-0.25, -0.2) is 0 Å². The Morgan fingerprint density at radius 1 is 1.17 bits per heavy atom. The van der Waals surface area contributed by atoms with Gasteiger partial charge in [0.1, 0.15) is 12.2 Å². The Morgan fingerprint density at radius 3 is 2.25 bits per heavy atom. The van der Waals surface area contributed by atoms with Crippen molar-refractivity contribution in [2.24, 2.45) is 11.5 Å². The van der Waals surface area contributed by atoms with Gasteiger partial charge in [-0.15, -0.1) is 0 Å². The fraction of sp³-hybridized carbons (Fsp3) is 1.00. The molecule has 7 N–H and O–H groups in total. The number of aliphatic hydroxyl groups is 3. The lowest BCUT2D eigenvalue weighted by Gasteiger charge is -2.39. The molecule has 0 aliphatic carbocycles. The van der Waals surface area contributed by atoms with Crippen LogP contribution in [0.5, 0.6) is 0 Å². The van der Waals surface area contributed by atoms with Gasteiger partial charge in [-0.05, 0) is 0 Å². The van der Waals surface area contributed by atoms with Gasteiger partial charge >= 0.3 is 0 Å². The van der Waals surface area contributed by atoms with Crippen LogP contribution in [0.3, 0.4) is 0 Å². The van der Waals surface area contributed by atoms with Crippen LogP contribution in [0, 0.1) is 0 Å². The Bertz CT molecular complexity index is 152. The number of rotatable bonds is 1. The molecule has 1 fully saturated rings. The van der Waals surface area contributed by atoms with E-state index in [1.165, 1.54) is 0 Å². The molecule has 0 aromatic carbocycles. The maximum absolute atomic E-state index is 9.17. The van der Waals surface area contributed by atoms with Gasteiger partial charge in [0.05, 0.1) is 18.7 Å². The lowest BCUT2D eigenvalue weighted by Crippen LogP contribution is -2.65. The van der Waals surface area contributed by atoms with E-state index in [9.17, 15) is 0 Å². The number of nitrogens with two attached hydrogens (primary N) is 2. The monoisotopic (exact) mass is 178 g/mol. The quantitative estimate of drug-likeness (QED) is 0.287. The molecular weight excluding hydrogens is 164 g/mol. The number of hydrogen-bond donors (Lipinski definition) is 5. The molecular formula is C6H14N2O4. The van der Waals surface area contributed by atoms with Crippen molar-refractivity contribution in [3.05, 3.63) is 0 Å². The van der Waals surface area contributed by atoms with Gasteiger partial charge in [-0.2, -0.15) is 0 Å². The van der Waals surface area contributed by atoms with Gasteiger partial charge in [0, 0.05) is 0 Å². The fourth-order valence-electron chi connectivity index (χ4n) is 1.18. The average molecular weight is 178 g/mol. The van der Waals surface area contributed by atoms with Gasteiger partial charge in [-0.3, -0.25) is 0 Å². The Labute approximate surface area is 69.7 Å². The van der Waals surface area contributed by atoms with Crippen molar-refractivity contribution in [2.45, 2.75) is 30.6 Å². The third kappa shape index (κ3) is 1.58. The molecule has 1 aliphatic rings. The molecule has 1 saturated heterocycles. The Hall–Kier alpha value is -0.240. The van der Waals surface area contributed by atoms with E-state index in [4.69, 9.17) is 31.5 Å². The number of aliphatic hydroxyl groups excluding tert-OH is 3. The fourth-order valence-corrected chi connectivity index (χ4v) is 1.18. The first-order valence-electron chi connectivity index (χ1n) is 3.71. The summed E-state index contributed by atoms with van der Waals surface area (Å²) in [6.45, 7) is -0.321. The van der Waals surface area contributed by atoms with Gasteiger partial charge in [0.15, 0.2) is 6.29 Å². The van der Waals surface area contributed by atoms with Crippen molar-refractivity contribution < 1.29 is 20.1 Å².